The minimum absolute atomic E-state index is 0.00402. The third-order valence-electron chi connectivity index (χ3n) is 7.80. The van der Waals surface area contributed by atoms with E-state index in [9.17, 15) is 18.0 Å². The zero-order valence-corrected chi connectivity index (χ0v) is 26.7. The SMILES string of the molecule is CS(=O)(=O)N(CC(=O)N(Cc1ccc(Cl)c(Cl)c1)[C@@H](Cc1ccccc1)C(=O)NC1CCCC1)c1ccc2c(c1)OCCO2. The van der Waals surface area contributed by atoms with Crippen LogP contribution in [0.1, 0.15) is 36.8 Å². The van der Waals surface area contributed by atoms with Gasteiger partial charge in [-0.3, -0.25) is 13.9 Å². The lowest BCUT2D eigenvalue weighted by atomic mass is 10.0. The predicted molar refractivity (Wildman–Crippen MR) is 171 cm³/mol. The van der Waals surface area contributed by atoms with Crippen LogP contribution in [0.15, 0.2) is 66.7 Å². The summed E-state index contributed by atoms with van der Waals surface area (Å²) in [7, 11) is -3.93. The molecule has 1 heterocycles. The number of nitrogens with one attached hydrogen (secondary N) is 1. The molecular formula is C32H35Cl2N3O6S. The smallest absolute Gasteiger partial charge is 0.244 e. The van der Waals surface area contributed by atoms with E-state index in [1.165, 1.54) is 4.90 Å². The first kappa shape index (κ1) is 31.9. The lowest BCUT2D eigenvalue weighted by molar-refractivity contribution is -0.140. The van der Waals surface area contributed by atoms with Crippen molar-refractivity contribution in [3.05, 3.63) is 87.9 Å². The molecule has 12 heteroatoms. The van der Waals surface area contributed by atoms with Crippen LogP contribution in [0.2, 0.25) is 10.0 Å². The zero-order chi connectivity index (χ0) is 31.3. The van der Waals surface area contributed by atoms with Gasteiger partial charge in [0, 0.05) is 25.1 Å². The number of hydrogen-bond donors (Lipinski definition) is 1. The summed E-state index contributed by atoms with van der Waals surface area (Å²) in [5.74, 6) is 0.0335. The number of fused-ring (bicyclic) bond motifs is 1. The minimum atomic E-state index is -3.93. The molecule has 0 aromatic heterocycles. The van der Waals surface area contributed by atoms with Crippen LogP contribution in [-0.2, 0) is 32.6 Å². The average molecular weight is 661 g/mol. The number of sulfonamides is 1. The maximum atomic E-state index is 14.3. The molecule has 0 radical (unpaired) electrons. The Kier molecular flexibility index (Phi) is 10.2. The van der Waals surface area contributed by atoms with Gasteiger partial charge in [0.1, 0.15) is 25.8 Å². The highest BCUT2D eigenvalue weighted by atomic mass is 35.5. The normalized spacial score (nSPS) is 15.4. The second-order valence-electron chi connectivity index (χ2n) is 11.1. The van der Waals surface area contributed by atoms with Crippen molar-refractivity contribution in [2.24, 2.45) is 0 Å². The topological polar surface area (TPSA) is 105 Å². The lowest BCUT2D eigenvalue weighted by Gasteiger charge is -2.34. The van der Waals surface area contributed by atoms with Crippen molar-refractivity contribution in [1.29, 1.82) is 0 Å². The molecule has 0 saturated heterocycles. The van der Waals surface area contributed by atoms with Crippen molar-refractivity contribution in [3.63, 3.8) is 0 Å². The summed E-state index contributed by atoms with van der Waals surface area (Å²) in [4.78, 5) is 29.7. The molecule has 1 N–H and O–H groups in total. The molecule has 9 nitrogen and oxygen atoms in total. The van der Waals surface area contributed by atoms with E-state index in [1.807, 2.05) is 30.3 Å². The lowest BCUT2D eigenvalue weighted by Crippen LogP contribution is -2.54. The van der Waals surface area contributed by atoms with Crippen LogP contribution in [0.3, 0.4) is 0 Å². The van der Waals surface area contributed by atoms with Gasteiger partial charge in [-0.2, -0.15) is 0 Å². The number of carbonyl (C=O) groups is 2. The van der Waals surface area contributed by atoms with Crippen LogP contribution < -0.4 is 19.1 Å². The first-order chi connectivity index (χ1) is 21.1. The molecule has 5 rings (SSSR count). The molecule has 0 unspecified atom stereocenters. The molecule has 2 amide bonds. The van der Waals surface area contributed by atoms with Gasteiger partial charge in [-0.05, 0) is 48.2 Å². The summed E-state index contributed by atoms with van der Waals surface area (Å²) in [6.07, 6.45) is 5.06. The number of anilines is 1. The van der Waals surface area contributed by atoms with E-state index < -0.39 is 28.5 Å². The number of halogens is 2. The van der Waals surface area contributed by atoms with Gasteiger partial charge in [0.2, 0.25) is 21.8 Å². The summed E-state index contributed by atoms with van der Waals surface area (Å²) in [5.41, 5.74) is 1.75. The van der Waals surface area contributed by atoms with Gasteiger partial charge in [-0.15, -0.1) is 0 Å². The second-order valence-corrected chi connectivity index (χ2v) is 13.8. The maximum Gasteiger partial charge on any atom is 0.244 e. The maximum absolute atomic E-state index is 14.3. The summed E-state index contributed by atoms with van der Waals surface area (Å²) in [6.45, 7) is 0.171. The second kappa shape index (κ2) is 14.1. The largest absolute Gasteiger partial charge is 0.486 e. The van der Waals surface area contributed by atoms with Gasteiger partial charge in [0.15, 0.2) is 11.5 Å². The number of ether oxygens (including phenoxy) is 2. The Morgan fingerprint density at radius 1 is 0.909 bits per heavy atom. The Labute approximate surface area is 268 Å². The van der Waals surface area contributed by atoms with Gasteiger partial charge >= 0.3 is 0 Å². The Bertz CT molecular complexity index is 1600. The number of hydrogen-bond acceptors (Lipinski definition) is 6. The Hall–Kier alpha value is -3.47. The van der Waals surface area contributed by atoms with Crippen molar-refractivity contribution in [2.45, 2.75) is 50.7 Å². The van der Waals surface area contributed by atoms with Gasteiger partial charge in [-0.1, -0.05) is 72.4 Å². The fourth-order valence-corrected chi connectivity index (χ4v) is 6.72. The van der Waals surface area contributed by atoms with E-state index >= 15 is 0 Å². The van der Waals surface area contributed by atoms with Gasteiger partial charge < -0.3 is 19.7 Å². The standard InChI is InChI=1S/C32H35Cl2N3O6S/c1-44(40,41)37(25-12-14-29-30(19-25)43-16-15-42-29)21-31(38)36(20-23-11-13-26(33)27(34)17-23)28(18-22-7-3-2-4-8-22)32(39)35-24-9-5-6-10-24/h2-4,7-8,11-14,17,19,24,28H,5-6,9-10,15-16,18,20-21H2,1H3,(H,35,39)/t28-/m0/s1. The summed E-state index contributed by atoms with van der Waals surface area (Å²) in [6, 6.07) is 18.3. The molecule has 3 aromatic carbocycles. The Morgan fingerprint density at radius 2 is 1.61 bits per heavy atom. The Morgan fingerprint density at radius 3 is 2.30 bits per heavy atom. The number of rotatable bonds is 11. The molecule has 1 aliphatic heterocycles. The number of amides is 2. The molecule has 1 saturated carbocycles. The first-order valence-electron chi connectivity index (χ1n) is 14.5. The van der Waals surface area contributed by atoms with E-state index in [0.29, 0.717) is 40.3 Å². The molecular weight excluding hydrogens is 625 g/mol. The summed E-state index contributed by atoms with van der Waals surface area (Å²) in [5, 5.41) is 3.81. The van der Waals surface area contributed by atoms with Crippen molar-refractivity contribution in [1.82, 2.24) is 10.2 Å². The fraction of sp³-hybridized carbons (Fsp3) is 0.375. The van der Waals surface area contributed by atoms with Crippen molar-refractivity contribution in [2.75, 3.05) is 30.3 Å². The molecule has 44 heavy (non-hydrogen) atoms. The van der Waals surface area contributed by atoms with Crippen molar-refractivity contribution in [3.8, 4) is 11.5 Å². The highest BCUT2D eigenvalue weighted by molar-refractivity contribution is 7.92. The summed E-state index contributed by atoms with van der Waals surface area (Å²) < 4.78 is 38.5. The zero-order valence-electron chi connectivity index (χ0n) is 24.4. The molecule has 2 aliphatic rings. The van der Waals surface area contributed by atoms with Crippen LogP contribution in [0.5, 0.6) is 11.5 Å². The van der Waals surface area contributed by atoms with Gasteiger partial charge in [0.25, 0.3) is 0 Å². The van der Waals surface area contributed by atoms with Crippen LogP contribution in [-0.4, -0.2) is 63.2 Å². The predicted octanol–water partition coefficient (Wildman–Crippen LogP) is 5.23. The fourth-order valence-electron chi connectivity index (χ4n) is 5.56. The van der Waals surface area contributed by atoms with Crippen LogP contribution in [0.25, 0.3) is 0 Å². The van der Waals surface area contributed by atoms with Crippen LogP contribution in [0.4, 0.5) is 5.69 Å². The molecule has 234 valence electrons. The van der Waals surface area contributed by atoms with Crippen LogP contribution in [0, 0.1) is 0 Å². The number of carbonyl (C=O) groups excluding carboxylic acids is 2. The molecule has 1 atom stereocenters. The van der Waals surface area contributed by atoms with Gasteiger partial charge in [-0.25, -0.2) is 8.42 Å². The molecule has 1 fully saturated rings. The quantitative estimate of drug-likeness (QED) is 0.302. The monoisotopic (exact) mass is 659 g/mol. The van der Waals surface area contributed by atoms with Gasteiger partial charge in [0.05, 0.1) is 22.0 Å². The molecule has 0 spiro atoms. The highest BCUT2D eigenvalue weighted by Gasteiger charge is 2.34. The third-order valence-corrected chi connectivity index (χ3v) is 9.68. The molecule has 1 aliphatic carbocycles. The van der Waals surface area contributed by atoms with Crippen molar-refractivity contribution >= 4 is 50.7 Å². The van der Waals surface area contributed by atoms with E-state index in [-0.39, 0.29) is 30.6 Å². The van der Waals surface area contributed by atoms with Crippen LogP contribution >= 0.6 is 23.2 Å². The van der Waals surface area contributed by atoms with E-state index in [2.05, 4.69) is 5.32 Å². The number of nitrogens with zero attached hydrogens (tertiary/aromatic N) is 2. The highest BCUT2D eigenvalue weighted by Crippen LogP contribution is 2.35. The Balaban J connectivity index is 1.51. The van der Waals surface area contributed by atoms with E-state index in [1.54, 1.807) is 36.4 Å². The van der Waals surface area contributed by atoms with E-state index in [4.69, 9.17) is 32.7 Å². The number of benzene rings is 3. The van der Waals surface area contributed by atoms with Crippen molar-refractivity contribution < 1.29 is 27.5 Å². The summed E-state index contributed by atoms with van der Waals surface area (Å²) >= 11 is 12.5. The first-order valence-corrected chi connectivity index (χ1v) is 17.1. The third kappa shape index (κ3) is 7.97. The molecule has 3 aromatic rings. The van der Waals surface area contributed by atoms with E-state index in [0.717, 1.165) is 41.8 Å². The minimum Gasteiger partial charge on any atom is -0.486 e. The molecule has 0 bridgehead atoms. The average Bonchev–Trinajstić information content (AvgIpc) is 3.52.